The number of hydrogen-bond acceptors (Lipinski definition) is 9. The number of esters is 2. The van der Waals surface area contributed by atoms with Crippen molar-refractivity contribution < 1.29 is 47.5 Å². The van der Waals surface area contributed by atoms with E-state index in [0.717, 1.165) is 51.4 Å². The third-order valence-corrected chi connectivity index (χ3v) is 10.8. The quantitative estimate of drug-likeness (QED) is 0.0231. The second kappa shape index (κ2) is 41.4. The number of carbonyl (C=O) groups is 3. The fourth-order valence-corrected chi connectivity index (χ4v) is 7.03. The van der Waals surface area contributed by atoms with Crippen LogP contribution in [-0.4, -0.2) is 59.9 Å². The summed E-state index contributed by atoms with van der Waals surface area (Å²) in [6.45, 7) is 2.76. The maximum Gasteiger partial charge on any atom is 0.472 e. The summed E-state index contributed by atoms with van der Waals surface area (Å²) in [5, 5.41) is 8.89. The Kier molecular flexibility index (Phi) is 39.8. The first kappa shape index (κ1) is 55.7. The number of carbonyl (C=O) groups excluding carboxylic acids is 2. The zero-order chi connectivity index (χ0) is 42.8. The van der Waals surface area contributed by atoms with Crippen LogP contribution >= 0.6 is 7.82 Å². The van der Waals surface area contributed by atoms with Crippen molar-refractivity contribution in [2.24, 2.45) is 5.73 Å². The zero-order valence-corrected chi connectivity index (χ0v) is 37.5. The van der Waals surface area contributed by atoms with E-state index in [9.17, 15) is 23.8 Å². The summed E-state index contributed by atoms with van der Waals surface area (Å²) in [5.41, 5.74) is 5.33. The van der Waals surface area contributed by atoms with Crippen LogP contribution in [-0.2, 0) is 37.5 Å². The molecule has 338 valence electrons. The first-order chi connectivity index (χ1) is 28.1. The molecule has 0 bridgehead atoms. The number of unbranched alkanes of at least 4 members (excludes halogenated alkanes) is 23. The lowest BCUT2D eigenvalue weighted by Crippen LogP contribution is -2.34. The number of phosphoric acid groups is 1. The van der Waals surface area contributed by atoms with E-state index in [4.69, 9.17) is 24.8 Å². The Morgan fingerprint density at radius 2 is 0.914 bits per heavy atom. The molecule has 11 nitrogen and oxygen atoms in total. The molecule has 0 rings (SSSR count). The molecule has 4 N–H and O–H groups in total. The van der Waals surface area contributed by atoms with Crippen LogP contribution in [0, 0.1) is 0 Å². The van der Waals surface area contributed by atoms with Crippen molar-refractivity contribution in [3.63, 3.8) is 0 Å². The van der Waals surface area contributed by atoms with Gasteiger partial charge in [0.2, 0.25) is 0 Å². The second-order valence-electron chi connectivity index (χ2n) is 15.5. The molecule has 0 aliphatic carbocycles. The van der Waals surface area contributed by atoms with Crippen LogP contribution in [0.15, 0.2) is 36.5 Å². The smallest absolute Gasteiger partial charge is 0.472 e. The molecule has 0 heterocycles. The Bertz CT molecular complexity index is 1130. The van der Waals surface area contributed by atoms with E-state index in [2.05, 4.69) is 54.8 Å². The van der Waals surface area contributed by atoms with Gasteiger partial charge in [-0.1, -0.05) is 179 Å². The van der Waals surface area contributed by atoms with Crippen LogP contribution in [0.25, 0.3) is 0 Å². The standard InChI is InChI=1S/C46H84NO10P/c1-3-5-7-9-11-13-15-17-19-20-21-22-24-25-27-29-31-33-35-37-44(48)54-39-42(40-55-58(52,53)56-41-43(47)46(50)51)57-45(49)38-36-34-32-30-28-26-23-18-16-14-12-10-8-6-4-2/h12,14,18,23,28,30,42-43H,3-11,13,15-17,19-22,24-27,29,31-41,47H2,1-2H3,(H,50,51)(H,52,53)/b14-12+,23-18+,30-28+/t42-,43+/m1/s1. The molecule has 0 aliphatic rings. The van der Waals surface area contributed by atoms with Crippen LogP contribution in [0.2, 0.25) is 0 Å². The summed E-state index contributed by atoms with van der Waals surface area (Å²) in [6.07, 6.45) is 45.0. The van der Waals surface area contributed by atoms with E-state index in [1.807, 2.05) is 0 Å². The molecule has 0 spiro atoms. The topological polar surface area (TPSA) is 172 Å². The Morgan fingerprint density at radius 3 is 1.40 bits per heavy atom. The van der Waals surface area contributed by atoms with Gasteiger partial charge < -0.3 is 25.2 Å². The number of aliphatic carboxylic acids is 1. The monoisotopic (exact) mass is 842 g/mol. The fraction of sp³-hybridized carbons (Fsp3) is 0.804. The number of rotatable bonds is 43. The van der Waals surface area contributed by atoms with Crippen molar-refractivity contribution in [3.05, 3.63) is 36.5 Å². The van der Waals surface area contributed by atoms with E-state index in [1.165, 1.54) is 116 Å². The number of ether oxygens (including phenoxy) is 2. The van der Waals surface area contributed by atoms with Crippen LogP contribution in [0.1, 0.15) is 206 Å². The predicted molar refractivity (Wildman–Crippen MR) is 235 cm³/mol. The lowest BCUT2D eigenvalue weighted by Gasteiger charge is -2.20. The Labute approximate surface area is 353 Å². The van der Waals surface area contributed by atoms with Crippen LogP contribution in [0.4, 0.5) is 0 Å². The normalized spacial score (nSPS) is 14.0. The van der Waals surface area contributed by atoms with Crippen molar-refractivity contribution in [2.45, 2.75) is 219 Å². The van der Waals surface area contributed by atoms with Crippen LogP contribution < -0.4 is 5.73 Å². The maximum atomic E-state index is 12.6. The first-order valence-corrected chi connectivity index (χ1v) is 24.5. The minimum atomic E-state index is -4.73. The van der Waals surface area contributed by atoms with Gasteiger partial charge in [0.15, 0.2) is 6.10 Å². The Balaban J connectivity index is 4.34. The highest BCUT2D eigenvalue weighted by Gasteiger charge is 2.28. The van der Waals surface area contributed by atoms with Crippen molar-refractivity contribution in [3.8, 4) is 0 Å². The fourth-order valence-electron chi connectivity index (χ4n) is 6.25. The lowest BCUT2D eigenvalue weighted by atomic mass is 10.0. The molecule has 1 unspecified atom stereocenters. The Morgan fingerprint density at radius 1 is 0.534 bits per heavy atom. The van der Waals surface area contributed by atoms with Crippen molar-refractivity contribution in [2.75, 3.05) is 19.8 Å². The summed E-state index contributed by atoms with van der Waals surface area (Å²) >= 11 is 0. The van der Waals surface area contributed by atoms with Crippen molar-refractivity contribution >= 4 is 25.7 Å². The molecule has 0 fully saturated rings. The van der Waals surface area contributed by atoms with Gasteiger partial charge in [-0.3, -0.25) is 23.4 Å². The van der Waals surface area contributed by atoms with Gasteiger partial charge in [-0.25, -0.2) is 4.57 Å². The minimum Gasteiger partial charge on any atom is -0.480 e. The highest BCUT2D eigenvalue weighted by molar-refractivity contribution is 7.47. The average Bonchev–Trinajstić information content (AvgIpc) is 3.20. The summed E-state index contributed by atoms with van der Waals surface area (Å²) in [4.78, 5) is 46.0. The third kappa shape index (κ3) is 40.5. The van der Waals surface area contributed by atoms with Gasteiger partial charge in [-0.15, -0.1) is 0 Å². The average molecular weight is 842 g/mol. The Hall–Kier alpha value is -2.30. The molecule has 58 heavy (non-hydrogen) atoms. The van der Waals surface area contributed by atoms with Crippen molar-refractivity contribution in [1.29, 1.82) is 0 Å². The lowest BCUT2D eigenvalue weighted by molar-refractivity contribution is -0.161. The molecular weight excluding hydrogens is 757 g/mol. The summed E-state index contributed by atoms with van der Waals surface area (Å²) in [7, 11) is -4.73. The van der Waals surface area contributed by atoms with Gasteiger partial charge in [0.25, 0.3) is 0 Å². The van der Waals surface area contributed by atoms with Crippen LogP contribution in [0.5, 0.6) is 0 Å². The predicted octanol–water partition coefficient (Wildman–Crippen LogP) is 12.4. The maximum absolute atomic E-state index is 12.6. The largest absolute Gasteiger partial charge is 0.480 e. The molecule has 0 amide bonds. The van der Waals surface area contributed by atoms with E-state index >= 15 is 0 Å². The third-order valence-electron chi connectivity index (χ3n) is 9.89. The van der Waals surface area contributed by atoms with E-state index in [0.29, 0.717) is 12.8 Å². The molecule has 0 saturated heterocycles. The van der Waals surface area contributed by atoms with Gasteiger partial charge in [-0.05, 0) is 51.4 Å². The number of hydrogen-bond donors (Lipinski definition) is 3. The highest BCUT2D eigenvalue weighted by atomic mass is 31.2. The number of carboxylic acid groups (broad SMARTS) is 1. The van der Waals surface area contributed by atoms with Crippen molar-refractivity contribution in [1.82, 2.24) is 0 Å². The summed E-state index contributed by atoms with van der Waals surface area (Å²) < 4.78 is 32.7. The molecule has 0 radical (unpaired) electrons. The number of phosphoric ester groups is 1. The van der Waals surface area contributed by atoms with Gasteiger partial charge in [0, 0.05) is 12.8 Å². The molecule has 0 aromatic carbocycles. The van der Waals surface area contributed by atoms with Gasteiger partial charge in [0.1, 0.15) is 12.6 Å². The number of allylic oxidation sites excluding steroid dienone is 6. The SMILES string of the molecule is CCCCC/C=C/C/C=C/C/C=C/CCCCC(=O)O[C@H](COC(=O)CCCCCCCCCCCCCCCCCCCCC)COP(=O)(O)OC[C@H](N)C(=O)O. The van der Waals surface area contributed by atoms with E-state index in [-0.39, 0.29) is 19.4 Å². The molecule has 3 atom stereocenters. The summed E-state index contributed by atoms with van der Waals surface area (Å²) in [5.74, 6) is -2.42. The zero-order valence-electron chi connectivity index (χ0n) is 36.6. The first-order valence-electron chi connectivity index (χ1n) is 23.0. The van der Waals surface area contributed by atoms with E-state index < -0.39 is 51.1 Å². The number of nitrogens with two attached hydrogens (primary N) is 1. The van der Waals surface area contributed by atoms with E-state index in [1.54, 1.807) is 0 Å². The molecule has 0 saturated carbocycles. The summed E-state index contributed by atoms with van der Waals surface area (Å²) in [6, 6.07) is -1.53. The highest BCUT2D eigenvalue weighted by Crippen LogP contribution is 2.43. The second-order valence-corrected chi connectivity index (χ2v) is 17.0. The molecule has 0 aromatic rings. The molecular formula is C46H84NO10P. The molecule has 12 heteroatoms. The molecule has 0 aliphatic heterocycles. The van der Waals surface area contributed by atoms with Gasteiger partial charge in [-0.2, -0.15) is 0 Å². The van der Waals surface area contributed by atoms with Gasteiger partial charge in [0.05, 0.1) is 13.2 Å². The number of carboxylic acids is 1. The van der Waals surface area contributed by atoms with Gasteiger partial charge >= 0.3 is 25.7 Å². The molecule has 0 aromatic heterocycles. The minimum absolute atomic E-state index is 0.114. The van der Waals surface area contributed by atoms with Crippen LogP contribution in [0.3, 0.4) is 0 Å².